The SMILES string of the molecule is Cc1nc(CNC(=O)C(C(N)=S)c2ccccc2)oc1C. The van der Waals surface area contributed by atoms with Gasteiger partial charge < -0.3 is 15.5 Å². The van der Waals surface area contributed by atoms with Crippen LogP contribution in [0.15, 0.2) is 34.7 Å². The lowest BCUT2D eigenvalue weighted by Gasteiger charge is -2.15. The molecule has 21 heavy (non-hydrogen) atoms. The lowest BCUT2D eigenvalue weighted by atomic mass is 9.98. The summed E-state index contributed by atoms with van der Waals surface area (Å²) in [5, 5.41) is 2.76. The quantitative estimate of drug-likeness (QED) is 0.825. The fourth-order valence-corrected chi connectivity index (χ4v) is 2.21. The highest BCUT2D eigenvalue weighted by Gasteiger charge is 2.23. The summed E-state index contributed by atoms with van der Waals surface area (Å²) in [5.41, 5.74) is 7.28. The van der Waals surface area contributed by atoms with Crippen LogP contribution in [0.5, 0.6) is 0 Å². The molecule has 0 radical (unpaired) electrons. The van der Waals surface area contributed by atoms with Crippen molar-refractivity contribution in [1.29, 1.82) is 0 Å². The summed E-state index contributed by atoms with van der Waals surface area (Å²) in [6, 6.07) is 9.20. The Labute approximate surface area is 128 Å². The van der Waals surface area contributed by atoms with Gasteiger partial charge in [0.1, 0.15) is 11.7 Å². The standard InChI is InChI=1S/C15H17N3O2S/c1-9-10(2)20-12(18-9)8-17-15(19)13(14(16)21)11-6-4-3-5-7-11/h3-7,13H,8H2,1-2H3,(H2,16,21)(H,17,19). The van der Waals surface area contributed by atoms with Gasteiger partial charge in [-0.15, -0.1) is 0 Å². The molecule has 0 fully saturated rings. The molecule has 1 atom stereocenters. The van der Waals surface area contributed by atoms with Gasteiger partial charge in [0.25, 0.3) is 0 Å². The molecule has 0 bridgehead atoms. The number of amides is 1. The fourth-order valence-electron chi connectivity index (χ4n) is 1.97. The van der Waals surface area contributed by atoms with Crippen LogP contribution in [0.4, 0.5) is 0 Å². The van der Waals surface area contributed by atoms with E-state index in [9.17, 15) is 4.79 Å². The summed E-state index contributed by atoms with van der Waals surface area (Å²) < 4.78 is 5.42. The molecule has 1 unspecified atom stereocenters. The Hall–Kier alpha value is -2.21. The average Bonchev–Trinajstić information content (AvgIpc) is 2.76. The van der Waals surface area contributed by atoms with E-state index in [0.29, 0.717) is 5.89 Å². The second kappa shape index (κ2) is 6.49. The number of benzene rings is 1. The zero-order valence-electron chi connectivity index (χ0n) is 11.9. The van der Waals surface area contributed by atoms with Gasteiger partial charge in [-0.3, -0.25) is 4.79 Å². The second-order valence-electron chi connectivity index (χ2n) is 4.71. The first kappa shape index (κ1) is 15.2. The number of aryl methyl sites for hydroxylation is 2. The molecule has 2 aromatic rings. The topological polar surface area (TPSA) is 81.2 Å². The maximum Gasteiger partial charge on any atom is 0.234 e. The van der Waals surface area contributed by atoms with E-state index in [0.717, 1.165) is 17.0 Å². The van der Waals surface area contributed by atoms with Gasteiger partial charge in [0, 0.05) is 0 Å². The molecule has 1 aromatic carbocycles. The van der Waals surface area contributed by atoms with Gasteiger partial charge in [-0.25, -0.2) is 4.98 Å². The predicted octanol–water partition coefficient (Wildman–Crippen LogP) is 1.98. The third-order valence-electron chi connectivity index (χ3n) is 3.17. The van der Waals surface area contributed by atoms with Gasteiger partial charge in [-0.2, -0.15) is 0 Å². The van der Waals surface area contributed by atoms with E-state index >= 15 is 0 Å². The number of carbonyl (C=O) groups is 1. The molecule has 2 rings (SSSR count). The number of hydrogen-bond donors (Lipinski definition) is 2. The van der Waals surface area contributed by atoms with Gasteiger partial charge >= 0.3 is 0 Å². The number of rotatable bonds is 5. The Morgan fingerprint density at radius 2 is 2.05 bits per heavy atom. The molecule has 0 saturated heterocycles. The van der Waals surface area contributed by atoms with Gasteiger partial charge in [-0.1, -0.05) is 42.5 Å². The van der Waals surface area contributed by atoms with Gasteiger partial charge in [0.15, 0.2) is 0 Å². The van der Waals surface area contributed by atoms with Crippen molar-refractivity contribution in [2.45, 2.75) is 26.3 Å². The van der Waals surface area contributed by atoms with E-state index in [1.165, 1.54) is 0 Å². The summed E-state index contributed by atoms with van der Waals surface area (Å²) in [6.07, 6.45) is 0. The van der Waals surface area contributed by atoms with Crippen LogP contribution in [0.25, 0.3) is 0 Å². The molecule has 1 amide bonds. The number of nitrogens with one attached hydrogen (secondary N) is 1. The van der Waals surface area contributed by atoms with Crippen LogP contribution < -0.4 is 11.1 Å². The molecule has 6 heteroatoms. The summed E-state index contributed by atoms with van der Waals surface area (Å²) in [4.78, 5) is 16.7. The Kier molecular flexibility index (Phi) is 4.70. The highest BCUT2D eigenvalue weighted by molar-refractivity contribution is 7.80. The molecule has 110 valence electrons. The summed E-state index contributed by atoms with van der Waals surface area (Å²) >= 11 is 5.01. The van der Waals surface area contributed by atoms with Crippen molar-refractivity contribution in [2.24, 2.45) is 5.73 Å². The van der Waals surface area contributed by atoms with E-state index in [1.807, 2.05) is 44.2 Å². The number of carbonyl (C=O) groups excluding carboxylic acids is 1. The normalized spacial score (nSPS) is 11.9. The first-order valence-corrected chi connectivity index (χ1v) is 6.94. The van der Waals surface area contributed by atoms with Crippen LogP contribution >= 0.6 is 12.2 Å². The monoisotopic (exact) mass is 303 g/mol. The average molecular weight is 303 g/mol. The van der Waals surface area contributed by atoms with Gasteiger partial charge in [0.05, 0.1) is 17.2 Å². The van der Waals surface area contributed by atoms with E-state index in [-0.39, 0.29) is 17.4 Å². The number of aromatic nitrogens is 1. The number of hydrogen-bond acceptors (Lipinski definition) is 4. The molecule has 1 aromatic heterocycles. The van der Waals surface area contributed by atoms with Crippen LogP contribution in [-0.4, -0.2) is 15.9 Å². The summed E-state index contributed by atoms with van der Waals surface area (Å²) in [5.74, 6) is 0.293. The maximum absolute atomic E-state index is 12.3. The van der Waals surface area contributed by atoms with Crippen LogP contribution in [-0.2, 0) is 11.3 Å². The van der Waals surface area contributed by atoms with Crippen LogP contribution in [0.1, 0.15) is 28.8 Å². The Bertz CT molecular complexity index is 633. The number of nitrogens with two attached hydrogens (primary N) is 1. The molecule has 1 heterocycles. The van der Waals surface area contributed by atoms with E-state index in [2.05, 4.69) is 10.3 Å². The van der Waals surface area contributed by atoms with Crippen molar-refractivity contribution < 1.29 is 9.21 Å². The fraction of sp³-hybridized carbons (Fsp3) is 0.267. The second-order valence-corrected chi connectivity index (χ2v) is 5.18. The lowest BCUT2D eigenvalue weighted by molar-refractivity contribution is -0.121. The molecule has 0 spiro atoms. The minimum atomic E-state index is -0.654. The molecule has 0 aliphatic carbocycles. The van der Waals surface area contributed by atoms with Crippen molar-refractivity contribution in [3.05, 3.63) is 53.2 Å². The lowest BCUT2D eigenvalue weighted by Crippen LogP contribution is -2.35. The zero-order chi connectivity index (χ0) is 15.4. The van der Waals surface area contributed by atoms with Crippen LogP contribution in [0, 0.1) is 13.8 Å². The van der Waals surface area contributed by atoms with Crippen LogP contribution in [0.3, 0.4) is 0 Å². The molecule has 5 nitrogen and oxygen atoms in total. The highest BCUT2D eigenvalue weighted by Crippen LogP contribution is 2.16. The van der Waals surface area contributed by atoms with E-state index in [1.54, 1.807) is 0 Å². The molecular formula is C15H17N3O2S. The summed E-state index contributed by atoms with van der Waals surface area (Å²) in [7, 11) is 0. The maximum atomic E-state index is 12.3. The van der Waals surface area contributed by atoms with Crippen LogP contribution in [0.2, 0.25) is 0 Å². The Balaban J connectivity index is 2.08. The smallest absolute Gasteiger partial charge is 0.234 e. The van der Waals surface area contributed by atoms with Gasteiger partial charge in [-0.05, 0) is 19.4 Å². The molecule has 0 aliphatic rings. The van der Waals surface area contributed by atoms with Crippen molar-refractivity contribution in [2.75, 3.05) is 0 Å². The van der Waals surface area contributed by atoms with Crippen molar-refractivity contribution in [1.82, 2.24) is 10.3 Å². The largest absolute Gasteiger partial charge is 0.444 e. The van der Waals surface area contributed by atoms with Crippen molar-refractivity contribution >= 4 is 23.1 Å². The number of oxazole rings is 1. The molecule has 0 saturated carbocycles. The Morgan fingerprint density at radius 3 is 2.57 bits per heavy atom. The molecule has 0 aliphatic heterocycles. The van der Waals surface area contributed by atoms with E-state index < -0.39 is 5.92 Å². The molecule has 3 N–H and O–H groups in total. The third-order valence-corrected chi connectivity index (χ3v) is 3.40. The minimum absolute atomic E-state index is 0.137. The predicted molar refractivity (Wildman–Crippen MR) is 83.8 cm³/mol. The first-order chi connectivity index (χ1) is 9.99. The third kappa shape index (κ3) is 3.66. The highest BCUT2D eigenvalue weighted by atomic mass is 32.1. The van der Waals surface area contributed by atoms with E-state index in [4.69, 9.17) is 22.4 Å². The minimum Gasteiger partial charge on any atom is -0.444 e. The first-order valence-electron chi connectivity index (χ1n) is 6.54. The number of nitrogens with zero attached hydrogens (tertiary/aromatic N) is 1. The Morgan fingerprint density at radius 1 is 1.38 bits per heavy atom. The van der Waals surface area contributed by atoms with Crippen molar-refractivity contribution in [3.8, 4) is 0 Å². The summed E-state index contributed by atoms with van der Waals surface area (Å²) in [6.45, 7) is 3.89. The molecular weight excluding hydrogens is 286 g/mol. The number of thiocarbonyl (C=S) groups is 1. The zero-order valence-corrected chi connectivity index (χ0v) is 12.7. The van der Waals surface area contributed by atoms with Gasteiger partial charge in [0.2, 0.25) is 11.8 Å². The van der Waals surface area contributed by atoms with Crippen molar-refractivity contribution in [3.63, 3.8) is 0 Å².